The molecule has 1 N–H and O–H groups in total. The summed E-state index contributed by atoms with van der Waals surface area (Å²) >= 11 is 0. The molecule has 298 valence electrons. The van der Waals surface area contributed by atoms with Crippen LogP contribution in [0.3, 0.4) is 0 Å². The van der Waals surface area contributed by atoms with Crippen LogP contribution in [0.5, 0.6) is 0 Å². The third kappa shape index (κ3) is 7.63. The van der Waals surface area contributed by atoms with Crippen LogP contribution in [-0.2, 0) is 23.8 Å². The van der Waals surface area contributed by atoms with Crippen LogP contribution in [0.1, 0.15) is 122 Å². The van der Waals surface area contributed by atoms with Gasteiger partial charge in [0, 0.05) is 44.4 Å². The van der Waals surface area contributed by atoms with Gasteiger partial charge in [-0.25, -0.2) is 4.79 Å². The summed E-state index contributed by atoms with van der Waals surface area (Å²) in [5.41, 5.74) is 2.12. The summed E-state index contributed by atoms with van der Waals surface area (Å²) in [5.74, 6) is 0.968. The molecule has 2 saturated heterocycles. The predicted molar refractivity (Wildman–Crippen MR) is 207 cm³/mol. The summed E-state index contributed by atoms with van der Waals surface area (Å²) in [4.78, 5) is 48.3. The molecule has 5 fully saturated rings. The fourth-order valence-corrected chi connectivity index (χ4v) is 17.6. The van der Waals surface area contributed by atoms with E-state index in [1.165, 1.54) is 30.5 Å². The van der Waals surface area contributed by atoms with Gasteiger partial charge in [-0.05, 0) is 99.1 Å². The van der Waals surface area contributed by atoms with E-state index < -0.39 is 13.7 Å². The standard InChI is InChI=1S/C42H69N3O7Si/c1-29-39(53(3,4)34-19-17-33(50-2)18-20-34)37(26-38(47)43(21-23-46)27-30-11-6-5-7-12-30)52-42(29)35-15-8-9-16-36(35)45(40(42)48)28-31-13-10-14-32(25-31)44-22-24-51-41(44)49/h29-34,37,39,46H,5-28H2,1-4H3/t29-,31?,32?,33?,34?,37+,39-,42+/m1/s1. The van der Waals surface area contributed by atoms with Gasteiger partial charge in [0.1, 0.15) is 6.61 Å². The maximum Gasteiger partial charge on any atom is 0.410 e. The minimum Gasteiger partial charge on any atom is -0.448 e. The van der Waals surface area contributed by atoms with Crippen LogP contribution in [0.2, 0.25) is 24.2 Å². The highest BCUT2D eigenvalue weighted by Gasteiger charge is 2.67. The summed E-state index contributed by atoms with van der Waals surface area (Å²) in [6.07, 6.45) is 18.4. The Bertz CT molecular complexity index is 1360. The summed E-state index contributed by atoms with van der Waals surface area (Å²) < 4.78 is 18.5. The zero-order chi connectivity index (χ0) is 37.3. The third-order valence-corrected chi connectivity index (χ3v) is 20.6. The van der Waals surface area contributed by atoms with Crippen LogP contribution in [0.25, 0.3) is 0 Å². The summed E-state index contributed by atoms with van der Waals surface area (Å²) in [7, 11) is -0.287. The van der Waals surface area contributed by atoms with Crippen LogP contribution >= 0.6 is 0 Å². The molecule has 0 radical (unpaired) electrons. The topological polar surface area (TPSA) is 109 Å². The third-order valence-electron chi connectivity index (χ3n) is 15.3. The van der Waals surface area contributed by atoms with Crippen molar-refractivity contribution in [2.75, 3.05) is 46.5 Å². The lowest BCUT2D eigenvalue weighted by atomic mass is 9.78. The molecule has 4 aliphatic carbocycles. The molecular formula is C42H69N3O7Si. The average molecular weight is 756 g/mol. The van der Waals surface area contributed by atoms with E-state index in [1.54, 1.807) is 0 Å². The maximum absolute atomic E-state index is 15.4. The van der Waals surface area contributed by atoms with Gasteiger partial charge < -0.3 is 34.0 Å². The first-order valence-corrected chi connectivity index (χ1v) is 24.8. The Hall–Kier alpha value is -1.95. The quantitative estimate of drug-likeness (QED) is 0.209. The van der Waals surface area contributed by atoms with Crippen molar-refractivity contribution in [3.63, 3.8) is 0 Å². The number of hydrogen-bond donors (Lipinski definition) is 1. The van der Waals surface area contributed by atoms with Crippen LogP contribution in [0.15, 0.2) is 11.3 Å². The Labute approximate surface area is 319 Å². The highest BCUT2D eigenvalue weighted by Crippen LogP contribution is 2.61. The van der Waals surface area contributed by atoms with E-state index >= 15 is 4.79 Å². The smallest absolute Gasteiger partial charge is 0.410 e. The first-order valence-electron chi connectivity index (χ1n) is 21.7. The van der Waals surface area contributed by atoms with Gasteiger partial charge in [-0.15, -0.1) is 0 Å². The second kappa shape index (κ2) is 16.6. The predicted octanol–water partition coefficient (Wildman–Crippen LogP) is 7.27. The molecule has 7 rings (SSSR count). The van der Waals surface area contributed by atoms with Crippen molar-refractivity contribution >= 4 is 26.0 Å². The van der Waals surface area contributed by atoms with E-state index in [4.69, 9.17) is 14.2 Å². The van der Waals surface area contributed by atoms with Crippen LogP contribution in [0.4, 0.5) is 4.79 Å². The number of ether oxygens (including phenoxy) is 3. The molecule has 3 amide bonds. The van der Waals surface area contributed by atoms with Crippen molar-refractivity contribution in [1.29, 1.82) is 0 Å². The van der Waals surface area contributed by atoms with E-state index in [1.807, 2.05) is 16.9 Å². The lowest BCUT2D eigenvalue weighted by Crippen LogP contribution is -2.51. The Kier molecular flexibility index (Phi) is 12.3. The van der Waals surface area contributed by atoms with E-state index in [-0.39, 0.29) is 54.5 Å². The number of rotatable bonds is 12. The number of fused-ring (bicyclic) bond motifs is 1. The normalized spacial score (nSPS) is 35.7. The van der Waals surface area contributed by atoms with Crippen LogP contribution < -0.4 is 0 Å². The zero-order valence-electron chi connectivity index (χ0n) is 33.3. The molecule has 11 heteroatoms. The van der Waals surface area contributed by atoms with Gasteiger partial charge in [0.25, 0.3) is 5.91 Å². The molecule has 7 aliphatic rings. The summed E-state index contributed by atoms with van der Waals surface area (Å²) in [6, 6.07) is 0.173. The number of carbonyl (C=O) groups excluding carboxylic acids is 3. The number of amides is 3. The number of aliphatic hydroxyl groups is 1. The van der Waals surface area contributed by atoms with Crippen LogP contribution in [0, 0.1) is 17.8 Å². The average Bonchev–Trinajstić information content (AvgIpc) is 3.80. The number of carbonyl (C=O) groups is 3. The SMILES string of the molecule is COC1CCC([Si](C)(C)[C@H]2[C@H](CC(=O)N(CCO)CC3CCCCC3)O[C@@]3(C(=O)N(CC4CCCC(N5CCOC5=O)C4)C4=C3CCCC4)[C@@H]2C)CC1. The van der Waals surface area contributed by atoms with E-state index in [0.29, 0.717) is 56.3 Å². The molecule has 0 aromatic heterocycles. The fraction of sp³-hybridized carbons (Fsp3) is 0.881. The Morgan fingerprint density at radius 3 is 2.40 bits per heavy atom. The molecule has 0 aromatic rings. The van der Waals surface area contributed by atoms with E-state index in [0.717, 1.165) is 89.9 Å². The molecule has 0 aromatic carbocycles. The minimum absolute atomic E-state index is 0.0224. The highest BCUT2D eigenvalue weighted by molar-refractivity contribution is 6.80. The Morgan fingerprint density at radius 1 is 0.962 bits per heavy atom. The molecule has 3 heterocycles. The van der Waals surface area contributed by atoms with Gasteiger partial charge in [0.05, 0.1) is 39.9 Å². The fourth-order valence-electron chi connectivity index (χ4n) is 12.6. The Balaban J connectivity index is 1.17. The first kappa shape index (κ1) is 39.3. The number of nitrogens with zero attached hydrogens (tertiary/aromatic N) is 3. The number of hydrogen-bond acceptors (Lipinski definition) is 7. The van der Waals surface area contributed by atoms with Crippen molar-refractivity contribution in [2.24, 2.45) is 17.8 Å². The van der Waals surface area contributed by atoms with Gasteiger partial charge in [0.2, 0.25) is 5.91 Å². The van der Waals surface area contributed by atoms with Crippen molar-refractivity contribution in [3.8, 4) is 0 Å². The highest BCUT2D eigenvalue weighted by atomic mass is 28.3. The second-order valence-corrected chi connectivity index (χ2v) is 23.7. The Morgan fingerprint density at radius 2 is 1.70 bits per heavy atom. The van der Waals surface area contributed by atoms with Gasteiger partial charge >= 0.3 is 6.09 Å². The van der Waals surface area contributed by atoms with Crippen LogP contribution in [-0.4, -0.2) is 116 Å². The lowest BCUT2D eigenvalue weighted by molar-refractivity contribution is -0.152. The molecule has 1 spiro atoms. The number of allylic oxidation sites excluding steroid dienone is 1. The first-order chi connectivity index (χ1) is 25.6. The largest absolute Gasteiger partial charge is 0.448 e. The zero-order valence-corrected chi connectivity index (χ0v) is 34.3. The molecule has 3 saturated carbocycles. The summed E-state index contributed by atoms with van der Waals surface area (Å²) in [6.45, 7) is 10.2. The summed E-state index contributed by atoms with van der Waals surface area (Å²) in [5, 5.41) is 10.1. The van der Waals surface area contributed by atoms with Crippen molar-refractivity contribution in [2.45, 2.75) is 171 Å². The molecule has 6 atom stereocenters. The van der Waals surface area contributed by atoms with E-state index in [2.05, 4.69) is 24.9 Å². The molecule has 53 heavy (non-hydrogen) atoms. The lowest BCUT2D eigenvalue weighted by Gasteiger charge is -2.45. The number of methoxy groups -OCH3 is 1. The van der Waals surface area contributed by atoms with E-state index in [9.17, 15) is 14.7 Å². The molecule has 10 nitrogen and oxygen atoms in total. The monoisotopic (exact) mass is 755 g/mol. The van der Waals surface area contributed by atoms with Gasteiger partial charge in [-0.3, -0.25) is 9.59 Å². The minimum atomic E-state index is -2.12. The number of aliphatic hydroxyl groups excluding tert-OH is 1. The molecular weight excluding hydrogens is 687 g/mol. The van der Waals surface area contributed by atoms with Crippen molar-refractivity contribution in [1.82, 2.24) is 14.7 Å². The van der Waals surface area contributed by atoms with Crippen molar-refractivity contribution in [3.05, 3.63) is 11.3 Å². The molecule has 3 aliphatic heterocycles. The molecule has 2 unspecified atom stereocenters. The maximum atomic E-state index is 15.4. The van der Waals surface area contributed by atoms with Crippen molar-refractivity contribution < 1.29 is 33.7 Å². The van der Waals surface area contributed by atoms with Gasteiger partial charge in [-0.1, -0.05) is 58.5 Å². The van der Waals surface area contributed by atoms with Gasteiger partial charge in [0.15, 0.2) is 5.60 Å². The number of cyclic esters (lactones) is 1. The molecule has 0 bridgehead atoms. The van der Waals surface area contributed by atoms with Gasteiger partial charge in [-0.2, -0.15) is 0 Å². The second-order valence-electron chi connectivity index (χ2n) is 18.6.